The Balaban J connectivity index is 1.74. The van der Waals surface area contributed by atoms with Crippen molar-refractivity contribution in [1.82, 2.24) is 9.36 Å². The number of aliphatic carboxylic acids is 1. The van der Waals surface area contributed by atoms with Crippen LogP contribution in [0.4, 0.5) is 5.13 Å². The Morgan fingerprint density at radius 2 is 2.19 bits per heavy atom. The molecule has 0 saturated carbocycles. The van der Waals surface area contributed by atoms with Crippen molar-refractivity contribution >= 4 is 22.6 Å². The van der Waals surface area contributed by atoms with Crippen molar-refractivity contribution in [2.45, 2.75) is 32.2 Å². The Morgan fingerprint density at radius 3 is 2.90 bits per heavy atom. The van der Waals surface area contributed by atoms with Gasteiger partial charge in [-0.3, -0.25) is 0 Å². The molecule has 1 aliphatic heterocycles. The average Bonchev–Trinajstić information content (AvgIpc) is 3.09. The van der Waals surface area contributed by atoms with Crippen LogP contribution in [0.1, 0.15) is 29.8 Å². The summed E-state index contributed by atoms with van der Waals surface area (Å²) >= 11 is 1.29. The SMILES string of the molecule is Cc1ccc(Cc2nsc(N3CCCC3C(=O)O)n2)cc1. The van der Waals surface area contributed by atoms with E-state index in [-0.39, 0.29) is 0 Å². The molecule has 110 valence electrons. The second-order valence-electron chi connectivity index (χ2n) is 5.35. The van der Waals surface area contributed by atoms with Crippen LogP contribution in [0, 0.1) is 6.92 Å². The topological polar surface area (TPSA) is 66.3 Å². The van der Waals surface area contributed by atoms with E-state index >= 15 is 0 Å². The van der Waals surface area contributed by atoms with Gasteiger partial charge in [-0.05, 0) is 25.3 Å². The minimum atomic E-state index is -0.775. The number of carboxylic acid groups (broad SMARTS) is 1. The Kier molecular flexibility index (Phi) is 3.88. The molecule has 1 N–H and O–H groups in total. The molecule has 0 amide bonds. The molecule has 1 aromatic carbocycles. The summed E-state index contributed by atoms with van der Waals surface area (Å²) in [4.78, 5) is 17.6. The Labute approximate surface area is 127 Å². The lowest BCUT2D eigenvalue weighted by atomic mass is 10.1. The number of benzene rings is 1. The van der Waals surface area contributed by atoms with Crippen LogP contribution in [0.25, 0.3) is 0 Å². The van der Waals surface area contributed by atoms with E-state index in [1.54, 1.807) is 0 Å². The van der Waals surface area contributed by atoms with Gasteiger partial charge in [0.25, 0.3) is 0 Å². The van der Waals surface area contributed by atoms with Crippen LogP contribution in [0.3, 0.4) is 0 Å². The van der Waals surface area contributed by atoms with Crippen LogP contribution >= 0.6 is 11.5 Å². The lowest BCUT2D eigenvalue weighted by molar-refractivity contribution is -0.138. The normalized spacial score (nSPS) is 18.1. The smallest absolute Gasteiger partial charge is 0.326 e. The summed E-state index contributed by atoms with van der Waals surface area (Å²) in [6, 6.07) is 7.84. The maximum absolute atomic E-state index is 11.2. The number of rotatable bonds is 4. The van der Waals surface area contributed by atoms with E-state index in [0.29, 0.717) is 12.8 Å². The molecule has 1 unspecified atom stereocenters. The van der Waals surface area contributed by atoms with Gasteiger partial charge in [-0.2, -0.15) is 4.37 Å². The third-order valence-corrected chi connectivity index (χ3v) is 4.51. The summed E-state index contributed by atoms with van der Waals surface area (Å²) in [7, 11) is 0. The van der Waals surface area contributed by atoms with E-state index in [1.165, 1.54) is 22.7 Å². The predicted molar refractivity (Wildman–Crippen MR) is 81.9 cm³/mol. The van der Waals surface area contributed by atoms with Crippen LogP contribution in [-0.4, -0.2) is 33.0 Å². The number of aromatic nitrogens is 2. The van der Waals surface area contributed by atoms with E-state index in [4.69, 9.17) is 0 Å². The van der Waals surface area contributed by atoms with Crippen LogP contribution < -0.4 is 4.90 Å². The molecule has 0 bridgehead atoms. The van der Waals surface area contributed by atoms with E-state index in [2.05, 4.69) is 40.5 Å². The van der Waals surface area contributed by atoms with Gasteiger partial charge in [0.05, 0.1) is 0 Å². The van der Waals surface area contributed by atoms with Crippen molar-refractivity contribution in [3.8, 4) is 0 Å². The fourth-order valence-corrected chi connectivity index (χ4v) is 3.34. The molecule has 0 radical (unpaired) electrons. The molecule has 1 aliphatic rings. The predicted octanol–water partition coefficient (Wildman–Crippen LogP) is 2.49. The first-order valence-electron chi connectivity index (χ1n) is 7.01. The molecule has 2 heterocycles. The molecular weight excluding hydrogens is 286 g/mol. The number of nitrogens with zero attached hydrogens (tertiary/aromatic N) is 3. The molecule has 6 heteroatoms. The van der Waals surface area contributed by atoms with E-state index in [1.807, 2.05) is 4.90 Å². The zero-order valence-corrected chi connectivity index (χ0v) is 12.6. The quantitative estimate of drug-likeness (QED) is 0.940. The summed E-state index contributed by atoms with van der Waals surface area (Å²) in [6.07, 6.45) is 2.26. The minimum absolute atomic E-state index is 0.454. The molecule has 5 nitrogen and oxygen atoms in total. The summed E-state index contributed by atoms with van der Waals surface area (Å²) in [5.74, 6) is -0.0160. The van der Waals surface area contributed by atoms with Gasteiger partial charge in [0.1, 0.15) is 11.9 Å². The van der Waals surface area contributed by atoms with E-state index in [9.17, 15) is 9.90 Å². The van der Waals surface area contributed by atoms with Gasteiger partial charge in [-0.25, -0.2) is 9.78 Å². The van der Waals surface area contributed by atoms with Gasteiger partial charge in [0.2, 0.25) is 5.13 Å². The fraction of sp³-hybridized carbons (Fsp3) is 0.400. The monoisotopic (exact) mass is 303 g/mol. The Morgan fingerprint density at radius 1 is 1.43 bits per heavy atom. The lowest BCUT2D eigenvalue weighted by Crippen LogP contribution is -2.35. The highest BCUT2D eigenvalue weighted by atomic mass is 32.1. The second kappa shape index (κ2) is 5.81. The maximum Gasteiger partial charge on any atom is 0.326 e. The van der Waals surface area contributed by atoms with Gasteiger partial charge in [0, 0.05) is 24.5 Å². The number of anilines is 1. The van der Waals surface area contributed by atoms with Gasteiger partial charge < -0.3 is 10.0 Å². The molecule has 1 atom stereocenters. The largest absolute Gasteiger partial charge is 0.480 e. The Bertz CT molecular complexity index is 639. The highest BCUT2D eigenvalue weighted by Gasteiger charge is 2.32. The van der Waals surface area contributed by atoms with Crippen molar-refractivity contribution < 1.29 is 9.90 Å². The first kappa shape index (κ1) is 14.0. The van der Waals surface area contributed by atoms with Crippen molar-refractivity contribution in [3.63, 3.8) is 0 Å². The summed E-state index contributed by atoms with van der Waals surface area (Å²) < 4.78 is 4.37. The fourth-order valence-electron chi connectivity index (χ4n) is 2.57. The number of carboxylic acids is 1. The number of carbonyl (C=O) groups is 1. The summed E-state index contributed by atoms with van der Waals surface area (Å²) in [6.45, 7) is 2.80. The minimum Gasteiger partial charge on any atom is -0.480 e. The summed E-state index contributed by atoms with van der Waals surface area (Å²) in [5, 5.41) is 9.95. The molecular formula is C15H17N3O2S. The lowest BCUT2D eigenvalue weighted by Gasteiger charge is -2.19. The molecule has 2 aromatic rings. The molecule has 0 spiro atoms. The second-order valence-corrected chi connectivity index (χ2v) is 6.08. The number of hydrogen-bond acceptors (Lipinski definition) is 5. The van der Waals surface area contributed by atoms with Gasteiger partial charge >= 0.3 is 5.97 Å². The van der Waals surface area contributed by atoms with Crippen molar-refractivity contribution in [2.24, 2.45) is 0 Å². The third kappa shape index (κ3) is 3.05. The highest BCUT2D eigenvalue weighted by molar-refractivity contribution is 7.09. The maximum atomic E-state index is 11.2. The molecule has 1 aromatic heterocycles. The van der Waals surface area contributed by atoms with Crippen molar-refractivity contribution in [1.29, 1.82) is 0 Å². The standard InChI is InChI=1S/C15H17N3O2S/c1-10-4-6-11(7-5-10)9-13-16-15(21-17-13)18-8-2-3-12(18)14(19)20/h4-7,12H,2-3,8-9H2,1H3,(H,19,20). The molecule has 0 aliphatic carbocycles. The van der Waals surface area contributed by atoms with E-state index in [0.717, 1.165) is 23.9 Å². The van der Waals surface area contributed by atoms with Crippen LogP contribution in [0.2, 0.25) is 0 Å². The third-order valence-electron chi connectivity index (χ3n) is 3.72. The molecule has 1 fully saturated rings. The first-order chi connectivity index (χ1) is 10.1. The van der Waals surface area contributed by atoms with Gasteiger partial charge in [-0.15, -0.1) is 0 Å². The zero-order valence-electron chi connectivity index (χ0n) is 11.8. The van der Waals surface area contributed by atoms with Crippen molar-refractivity contribution in [3.05, 3.63) is 41.2 Å². The molecule has 1 saturated heterocycles. The van der Waals surface area contributed by atoms with Crippen LogP contribution in [0.15, 0.2) is 24.3 Å². The van der Waals surface area contributed by atoms with Gasteiger partial charge in [0.15, 0.2) is 0 Å². The number of aryl methyl sites for hydroxylation is 1. The highest BCUT2D eigenvalue weighted by Crippen LogP contribution is 2.27. The molecule has 3 rings (SSSR count). The van der Waals surface area contributed by atoms with E-state index < -0.39 is 12.0 Å². The summed E-state index contributed by atoms with van der Waals surface area (Å²) in [5.41, 5.74) is 2.40. The average molecular weight is 303 g/mol. The zero-order chi connectivity index (χ0) is 14.8. The van der Waals surface area contributed by atoms with Crippen LogP contribution in [0.5, 0.6) is 0 Å². The first-order valence-corrected chi connectivity index (χ1v) is 7.78. The molecule has 21 heavy (non-hydrogen) atoms. The van der Waals surface area contributed by atoms with Crippen LogP contribution in [-0.2, 0) is 11.2 Å². The number of hydrogen-bond donors (Lipinski definition) is 1. The Hall–Kier alpha value is -1.95. The van der Waals surface area contributed by atoms with Crippen molar-refractivity contribution in [2.75, 3.05) is 11.4 Å². The van der Waals surface area contributed by atoms with Gasteiger partial charge in [-0.1, -0.05) is 29.8 Å².